The number of hydrogen-bond acceptors (Lipinski definition) is 13. The fourth-order valence-electron chi connectivity index (χ4n) is 5.13. The Balaban J connectivity index is 1.20. The van der Waals surface area contributed by atoms with Crippen molar-refractivity contribution in [3.63, 3.8) is 0 Å². The van der Waals surface area contributed by atoms with E-state index in [-0.39, 0.29) is 99.2 Å². The Bertz CT molecular complexity index is 1590. The van der Waals surface area contributed by atoms with E-state index in [1.54, 1.807) is 0 Å². The first-order valence-corrected chi connectivity index (χ1v) is 16.4. The van der Waals surface area contributed by atoms with Crippen LogP contribution in [0, 0.1) is 0 Å². The molecule has 2 aromatic carbocycles. The van der Waals surface area contributed by atoms with Gasteiger partial charge in [-0.05, 0) is 35.3 Å². The molecule has 0 N–H and O–H groups in total. The molecule has 2 aliphatic heterocycles. The van der Waals surface area contributed by atoms with Crippen molar-refractivity contribution in [2.75, 3.05) is 105 Å². The van der Waals surface area contributed by atoms with E-state index < -0.39 is 29.4 Å². The molecule has 0 aromatic heterocycles. The Morgan fingerprint density at radius 1 is 0.500 bits per heavy atom. The van der Waals surface area contributed by atoms with Crippen molar-refractivity contribution in [2.24, 2.45) is 10.2 Å². The Morgan fingerprint density at radius 3 is 1.19 bits per heavy atom. The maximum Gasteiger partial charge on any atom is 0.261 e. The summed E-state index contributed by atoms with van der Waals surface area (Å²) >= 11 is 0. The SMILES string of the molecule is [N-]=[N+]=NCCOCCOCCOCCN1C(=O)c2ccc(C(=O)c3ccc4c(c3)C(=O)N(CCOCCOCCOCCN=[N+]=[N-])C4=O)cc2C1=O. The predicted molar refractivity (Wildman–Crippen MR) is 180 cm³/mol. The van der Waals surface area contributed by atoms with E-state index in [4.69, 9.17) is 39.5 Å². The number of carbonyl (C=O) groups is 5. The topological polar surface area (TPSA) is 245 Å². The van der Waals surface area contributed by atoms with Crippen LogP contribution in [0.2, 0.25) is 0 Å². The van der Waals surface area contributed by atoms with E-state index in [0.29, 0.717) is 39.6 Å². The molecule has 19 nitrogen and oxygen atoms in total. The van der Waals surface area contributed by atoms with Gasteiger partial charge in [-0.1, -0.05) is 22.4 Å². The van der Waals surface area contributed by atoms with Gasteiger partial charge in [0.05, 0.1) is 115 Å². The third-order valence-corrected chi connectivity index (χ3v) is 7.67. The number of ketones is 1. The van der Waals surface area contributed by atoms with E-state index in [9.17, 15) is 24.0 Å². The van der Waals surface area contributed by atoms with Gasteiger partial charge in [-0.15, -0.1) is 0 Å². The molecule has 276 valence electrons. The molecule has 0 saturated heterocycles. The molecule has 19 heteroatoms. The van der Waals surface area contributed by atoms with E-state index in [0.717, 1.165) is 9.80 Å². The van der Waals surface area contributed by atoms with Crippen LogP contribution in [0.25, 0.3) is 20.9 Å². The Morgan fingerprint density at radius 2 is 0.827 bits per heavy atom. The molecule has 0 atom stereocenters. The molecule has 4 amide bonds. The van der Waals surface area contributed by atoms with Crippen molar-refractivity contribution in [3.8, 4) is 0 Å². The first-order valence-electron chi connectivity index (χ1n) is 16.4. The summed E-state index contributed by atoms with van der Waals surface area (Å²) in [6, 6.07) is 8.43. The standard InChI is InChI=1S/C33H38N8O11/c34-38-36-5-9-47-13-17-51-19-15-49-11-7-40-30(43)25-3-1-23(21-27(25)32(40)45)29(42)24-2-4-26-28(22-24)33(46)41(31(26)44)8-12-50-16-20-52-18-14-48-10-6-37-39-35/h1-4,21-22H,5-20H2. The molecule has 0 aliphatic carbocycles. The van der Waals surface area contributed by atoms with Crippen molar-refractivity contribution < 1.29 is 52.4 Å². The van der Waals surface area contributed by atoms with Gasteiger partial charge in [-0.25, -0.2) is 0 Å². The third kappa shape index (κ3) is 10.9. The second-order valence-corrected chi connectivity index (χ2v) is 11.0. The fourth-order valence-corrected chi connectivity index (χ4v) is 5.13. The van der Waals surface area contributed by atoms with Gasteiger partial charge in [-0.3, -0.25) is 33.8 Å². The number of ether oxygens (including phenoxy) is 6. The lowest BCUT2D eigenvalue weighted by Gasteiger charge is -2.13. The summed E-state index contributed by atoms with van der Waals surface area (Å²) in [4.78, 5) is 72.8. The van der Waals surface area contributed by atoms with E-state index >= 15 is 0 Å². The molecule has 2 aromatic rings. The highest BCUT2D eigenvalue weighted by Gasteiger charge is 2.37. The molecule has 0 saturated carbocycles. The van der Waals surface area contributed by atoms with Crippen LogP contribution in [-0.4, -0.2) is 145 Å². The summed E-state index contributed by atoms with van der Waals surface area (Å²) in [5, 5.41) is 6.71. The van der Waals surface area contributed by atoms with Crippen LogP contribution in [0.4, 0.5) is 0 Å². The molecule has 0 fully saturated rings. The average molecular weight is 723 g/mol. The van der Waals surface area contributed by atoms with Gasteiger partial charge in [0.25, 0.3) is 23.6 Å². The number of benzene rings is 2. The molecule has 2 aliphatic rings. The van der Waals surface area contributed by atoms with Crippen LogP contribution in [0.5, 0.6) is 0 Å². The highest BCUT2D eigenvalue weighted by molar-refractivity contribution is 6.24. The lowest BCUT2D eigenvalue weighted by molar-refractivity contribution is 0.0123. The van der Waals surface area contributed by atoms with Crippen molar-refractivity contribution in [1.29, 1.82) is 0 Å². The maximum atomic E-state index is 13.4. The van der Waals surface area contributed by atoms with Gasteiger partial charge < -0.3 is 28.4 Å². The van der Waals surface area contributed by atoms with Crippen molar-refractivity contribution >= 4 is 29.4 Å². The number of carbonyl (C=O) groups excluding carboxylic acids is 5. The quantitative estimate of drug-likeness (QED) is 0.0341. The summed E-state index contributed by atoms with van der Waals surface area (Å²) in [6.07, 6.45) is 0. The second kappa shape index (κ2) is 21.2. The normalized spacial score (nSPS) is 13.3. The van der Waals surface area contributed by atoms with Crippen LogP contribution >= 0.6 is 0 Å². The minimum Gasteiger partial charge on any atom is -0.379 e. The number of azide groups is 2. The molecule has 0 radical (unpaired) electrons. The summed E-state index contributed by atoms with van der Waals surface area (Å²) in [6.45, 7) is 3.61. The average Bonchev–Trinajstić information content (AvgIpc) is 3.54. The number of nitrogens with zero attached hydrogens (tertiary/aromatic N) is 8. The number of fused-ring (bicyclic) bond motifs is 2. The predicted octanol–water partition coefficient (Wildman–Crippen LogP) is 2.83. The first kappa shape index (κ1) is 39.6. The number of imide groups is 2. The molecule has 0 spiro atoms. The van der Waals surface area contributed by atoms with Crippen LogP contribution in [0.15, 0.2) is 46.6 Å². The highest BCUT2D eigenvalue weighted by atomic mass is 16.5. The second-order valence-electron chi connectivity index (χ2n) is 11.0. The molecule has 2 heterocycles. The summed E-state index contributed by atoms with van der Waals surface area (Å²) < 4.78 is 32.2. The zero-order valence-corrected chi connectivity index (χ0v) is 28.3. The highest BCUT2D eigenvalue weighted by Crippen LogP contribution is 2.27. The van der Waals surface area contributed by atoms with Gasteiger partial charge >= 0.3 is 0 Å². The van der Waals surface area contributed by atoms with Crippen molar-refractivity contribution in [1.82, 2.24) is 9.80 Å². The minimum absolute atomic E-state index is 0.00605. The fraction of sp³-hybridized carbons (Fsp3) is 0.485. The smallest absolute Gasteiger partial charge is 0.261 e. The Labute approximate surface area is 297 Å². The Kier molecular flexibility index (Phi) is 16.1. The summed E-state index contributed by atoms with van der Waals surface area (Å²) in [5.74, 6) is -2.60. The van der Waals surface area contributed by atoms with Crippen LogP contribution in [-0.2, 0) is 28.4 Å². The Hall–Kier alpha value is -5.23. The lowest BCUT2D eigenvalue weighted by atomic mass is 9.96. The van der Waals surface area contributed by atoms with Gasteiger partial charge in [0.1, 0.15) is 0 Å². The monoisotopic (exact) mass is 722 g/mol. The molecular formula is C33H38N8O11. The van der Waals surface area contributed by atoms with E-state index in [1.807, 2.05) is 0 Å². The number of hydrogen-bond donors (Lipinski definition) is 0. The first-order chi connectivity index (χ1) is 25.4. The van der Waals surface area contributed by atoms with Crippen molar-refractivity contribution in [3.05, 3.63) is 90.7 Å². The van der Waals surface area contributed by atoms with Gasteiger partial charge in [0.2, 0.25) is 0 Å². The zero-order valence-electron chi connectivity index (χ0n) is 28.3. The summed E-state index contributed by atoms with van der Waals surface area (Å²) in [7, 11) is 0. The lowest BCUT2D eigenvalue weighted by Crippen LogP contribution is -2.33. The van der Waals surface area contributed by atoms with Crippen LogP contribution < -0.4 is 0 Å². The number of rotatable bonds is 26. The third-order valence-electron chi connectivity index (χ3n) is 7.67. The maximum absolute atomic E-state index is 13.4. The van der Waals surface area contributed by atoms with Gasteiger partial charge in [0, 0.05) is 34.0 Å². The zero-order chi connectivity index (χ0) is 37.1. The minimum atomic E-state index is -0.556. The molecule has 52 heavy (non-hydrogen) atoms. The van der Waals surface area contributed by atoms with Gasteiger partial charge in [0.15, 0.2) is 5.78 Å². The molecule has 4 rings (SSSR count). The largest absolute Gasteiger partial charge is 0.379 e. The van der Waals surface area contributed by atoms with Crippen LogP contribution in [0.1, 0.15) is 57.4 Å². The number of amides is 4. The molecule has 0 unspecified atom stereocenters. The summed E-state index contributed by atoms with van der Waals surface area (Å²) in [5.41, 5.74) is 17.2. The van der Waals surface area contributed by atoms with Gasteiger partial charge in [-0.2, -0.15) is 0 Å². The van der Waals surface area contributed by atoms with Crippen molar-refractivity contribution in [2.45, 2.75) is 0 Å². The molecular weight excluding hydrogens is 684 g/mol. The molecule has 0 bridgehead atoms. The van der Waals surface area contributed by atoms with E-state index in [1.165, 1.54) is 36.4 Å². The van der Waals surface area contributed by atoms with Crippen LogP contribution in [0.3, 0.4) is 0 Å². The van der Waals surface area contributed by atoms with E-state index in [2.05, 4.69) is 20.1 Å².